The predicted molar refractivity (Wildman–Crippen MR) is 78.6 cm³/mol. The molecule has 0 aliphatic heterocycles. The maximum Gasteiger partial charge on any atom is 0.275 e. The Morgan fingerprint density at radius 3 is 2.67 bits per heavy atom. The van der Waals surface area contributed by atoms with E-state index in [0.29, 0.717) is 10.3 Å². The van der Waals surface area contributed by atoms with E-state index in [0.717, 1.165) is 0 Å². The van der Waals surface area contributed by atoms with Gasteiger partial charge in [0.2, 0.25) is 0 Å². The monoisotopic (exact) mass is 352 g/mol. The first-order valence-corrected chi connectivity index (χ1v) is 6.34. The average Bonchev–Trinajstić information content (AvgIpc) is 2.49. The minimum Gasteiger partial charge on any atom is -0.319 e. The molecule has 10 heteroatoms. The Kier molecular flexibility index (Phi) is 4.40. The number of aromatic nitrogens is 2. The number of nitrogens with zero attached hydrogens (tertiary/aromatic N) is 3. The van der Waals surface area contributed by atoms with Gasteiger partial charge in [-0.2, -0.15) is 0 Å². The van der Waals surface area contributed by atoms with Gasteiger partial charge in [0, 0.05) is 16.6 Å². The molecule has 108 valence electrons. The van der Waals surface area contributed by atoms with E-state index in [2.05, 4.69) is 36.6 Å². The fourth-order valence-corrected chi connectivity index (χ4v) is 1.77. The number of halogens is 1. The topological polar surface area (TPSA) is 136 Å². The number of anilines is 2. The molecule has 0 atom stereocenters. The van der Waals surface area contributed by atoms with Gasteiger partial charge in [-0.05, 0) is 22.0 Å². The molecule has 0 saturated heterocycles. The highest BCUT2D eigenvalue weighted by Crippen LogP contribution is 2.27. The molecule has 0 bridgehead atoms. The fourth-order valence-electron chi connectivity index (χ4n) is 1.43. The van der Waals surface area contributed by atoms with Crippen LogP contribution in [0.2, 0.25) is 0 Å². The van der Waals surface area contributed by atoms with E-state index in [1.807, 2.05) is 0 Å². The summed E-state index contributed by atoms with van der Waals surface area (Å²) in [6.07, 6.45) is 2.52. The Balaban J connectivity index is 2.22. The summed E-state index contributed by atoms with van der Waals surface area (Å²) in [6.45, 7) is 0. The van der Waals surface area contributed by atoms with Crippen LogP contribution < -0.4 is 16.6 Å². The summed E-state index contributed by atoms with van der Waals surface area (Å²) in [5.41, 5.74) is 2.46. The van der Waals surface area contributed by atoms with Crippen LogP contribution in [0.15, 0.2) is 35.1 Å². The highest BCUT2D eigenvalue weighted by Gasteiger charge is 2.14. The summed E-state index contributed by atoms with van der Waals surface area (Å²) < 4.78 is 0.509. The van der Waals surface area contributed by atoms with Crippen LogP contribution in [0.3, 0.4) is 0 Å². The fraction of sp³-hybridized carbons (Fsp3) is 0. The number of hydrogen-bond donors (Lipinski definition) is 3. The number of nitro groups is 1. The Hall–Kier alpha value is -2.59. The third-order valence-electron chi connectivity index (χ3n) is 2.44. The zero-order valence-electron chi connectivity index (χ0n) is 10.4. The molecule has 0 fully saturated rings. The van der Waals surface area contributed by atoms with Crippen LogP contribution in [0.4, 0.5) is 17.2 Å². The predicted octanol–water partition coefficient (Wildman–Crippen LogP) is 1.69. The highest BCUT2D eigenvalue weighted by atomic mass is 79.9. The number of benzene rings is 1. The van der Waals surface area contributed by atoms with Crippen LogP contribution in [0.25, 0.3) is 0 Å². The molecule has 2 aromatic rings. The molecule has 4 N–H and O–H groups in total. The summed E-state index contributed by atoms with van der Waals surface area (Å²) in [4.78, 5) is 29.9. The standard InChI is InChI=1S/C11H9BrN6O3/c12-7-2-1-6(18(20)21)3-8(7)16-11(19)9-4-15-10(17-13)5-14-9/h1-5H,13H2,(H,15,17)(H,16,19). The van der Waals surface area contributed by atoms with Crippen molar-refractivity contribution in [2.75, 3.05) is 10.7 Å². The molecule has 1 aromatic carbocycles. The number of carbonyl (C=O) groups is 1. The lowest BCUT2D eigenvalue weighted by Crippen LogP contribution is -2.16. The summed E-state index contributed by atoms with van der Waals surface area (Å²) in [7, 11) is 0. The number of hydrazine groups is 1. The van der Waals surface area contributed by atoms with E-state index in [-0.39, 0.29) is 17.1 Å². The highest BCUT2D eigenvalue weighted by molar-refractivity contribution is 9.10. The van der Waals surface area contributed by atoms with Crippen LogP contribution >= 0.6 is 15.9 Å². The van der Waals surface area contributed by atoms with E-state index in [9.17, 15) is 14.9 Å². The number of nitrogens with one attached hydrogen (secondary N) is 2. The van der Waals surface area contributed by atoms with Crippen LogP contribution in [0, 0.1) is 10.1 Å². The van der Waals surface area contributed by atoms with Crippen molar-refractivity contribution in [2.24, 2.45) is 5.84 Å². The van der Waals surface area contributed by atoms with Gasteiger partial charge in [0.15, 0.2) is 5.82 Å². The largest absolute Gasteiger partial charge is 0.319 e. The van der Waals surface area contributed by atoms with Crippen LogP contribution in [0.1, 0.15) is 10.5 Å². The number of nitro benzene ring substituents is 1. The second-order valence-corrected chi connectivity index (χ2v) is 4.66. The Morgan fingerprint density at radius 2 is 2.10 bits per heavy atom. The number of rotatable bonds is 4. The van der Waals surface area contributed by atoms with E-state index in [4.69, 9.17) is 5.84 Å². The van der Waals surface area contributed by atoms with Gasteiger partial charge in [-0.1, -0.05) is 0 Å². The van der Waals surface area contributed by atoms with E-state index < -0.39 is 10.8 Å². The SMILES string of the molecule is NNc1cnc(C(=O)Nc2cc([N+](=O)[O-])ccc2Br)cn1. The molecule has 0 saturated carbocycles. The summed E-state index contributed by atoms with van der Waals surface area (Å²) in [5, 5.41) is 13.2. The minimum atomic E-state index is -0.552. The maximum absolute atomic E-state index is 12.0. The molecule has 1 amide bonds. The number of nitrogens with two attached hydrogens (primary N) is 1. The van der Waals surface area contributed by atoms with Crippen LogP contribution in [-0.4, -0.2) is 20.8 Å². The van der Waals surface area contributed by atoms with Gasteiger partial charge in [0.1, 0.15) is 5.69 Å². The molecule has 0 aliphatic carbocycles. The normalized spacial score (nSPS) is 10.0. The number of amides is 1. The van der Waals surface area contributed by atoms with Crippen molar-refractivity contribution in [3.63, 3.8) is 0 Å². The number of hydrogen-bond acceptors (Lipinski definition) is 7. The van der Waals surface area contributed by atoms with Crippen molar-refractivity contribution < 1.29 is 9.72 Å². The minimum absolute atomic E-state index is 0.0485. The first kappa shape index (κ1) is 14.8. The van der Waals surface area contributed by atoms with Gasteiger partial charge in [-0.25, -0.2) is 15.8 Å². The lowest BCUT2D eigenvalue weighted by Gasteiger charge is -2.07. The smallest absolute Gasteiger partial charge is 0.275 e. The summed E-state index contributed by atoms with van der Waals surface area (Å²) in [6, 6.07) is 4.04. The van der Waals surface area contributed by atoms with E-state index in [1.165, 1.54) is 30.6 Å². The second-order valence-electron chi connectivity index (χ2n) is 3.81. The molecule has 1 heterocycles. The van der Waals surface area contributed by atoms with Crippen molar-refractivity contribution in [1.29, 1.82) is 0 Å². The molecule has 0 radical (unpaired) electrons. The molecular formula is C11H9BrN6O3. The molecular weight excluding hydrogens is 344 g/mol. The van der Waals surface area contributed by atoms with Gasteiger partial charge in [-0.15, -0.1) is 0 Å². The third kappa shape index (κ3) is 3.49. The van der Waals surface area contributed by atoms with Crippen molar-refractivity contribution in [3.05, 3.63) is 50.9 Å². The first-order chi connectivity index (χ1) is 10.0. The second kappa shape index (κ2) is 6.24. The Bertz CT molecular complexity index is 691. The van der Waals surface area contributed by atoms with Gasteiger partial charge in [0.25, 0.3) is 11.6 Å². The third-order valence-corrected chi connectivity index (χ3v) is 3.13. The zero-order valence-corrected chi connectivity index (χ0v) is 12.0. The molecule has 0 spiro atoms. The van der Waals surface area contributed by atoms with Gasteiger partial charge < -0.3 is 10.7 Å². The van der Waals surface area contributed by atoms with Crippen LogP contribution in [-0.2, 0) is 0 Å². The van der Waals surface area contributed by atoms with Crippen molar-refractivity contribution in [3.8, 4) is 0 Å². The quantitative estimate of drug-likeness (QED) is 0.432. The lowest BCUT2D eigenvalue weighted by atomic mass is 10.2. The number of carbonyl (C=O) groups excluding carboxylic acids is 1. The summed E-state index contributed by atoms with van der Waals surface area (Å²) >= 11 is 3.20. The van der Waals surface area contributed by atoms with E-state index in [1.54, 1.807) is 0 Å². The molecule has 0 unspecified atom stereocenters. The van der Waals surface area contributed by atoms with Crippen molar-refractivity contribution in [1.82, 2.24) is 9.97 Å². The Labute approximate surface area is 126 Å². The zero-order chi connectivity index (χ0) is 15.4. The first-order valence-electron chi connectivity index (χ1n) is 5.55. The molecule has 2 rings (SSSR count). The summed E-state index contributed by atoms with van der Waals surface area (Å²) in [5.74, 6) is 4.90. The maximum atomic E-state index is 12.0. The van der Waals surface area contributed by atoms with Gasteiger partial charge in [0.05, 0.1) is 23.0 Å². The van der Waals surface area contributed by atoms with Crippen LogP contribution in [0.5, 0.6) is 0 Å². The lowest BCUT2D eigenvalue weighted by molar-refractivity contribution is -0.384. The average molecular weight is 353 g/mol. The van der Waals surface area contributed by atoms with Gasteiger partial charge >= 0.3 is 0 Å². The molecule has 1 aromatic heterocycles. The molecule has 21 heavy (non-hydrogen) atoms. The number of nitrogen functional groups attached to an aromatic ring is 1. The van der Waals surface area contributed by atoms with E-state index >= 15 is 0 Å². The van der Waals surface area contributed by atoms with Crippen molar-refractivity contribution in [2.45, 2.75) is 0 Å². The van der Waals surface area contributed by atoms with Crippen molar-refractivity contribution >= 4 is 39.0 Å². The molecule has 0 aliphatic rings. The molecule has 9 nitrogen and oxygen atoms in total. The van der Waals surface area contributed by atoms with Gasteiger partial charge in [-0.3, -0.25) is 14.9 Å². The Morgan fingerprint density at radius 1 is 1.33 bits per heavy atom. The number of non-ortho nitro benzene ring substituents is 1.